The van der Waals surface area contributed by atoms with Gasteiger partial charge in [0.25, 0.3) is 0 Å². The van der Waals surface area contributed by atoms with E-state index in [0.717, 1.165) is 25.7 Å². The number of hydrogen-bond donors (Lipinski definition) is 3. The predicted molar refractivity (Wildman–Crippen MR) is 157 cm³/mol. The van der Waals surface area contributed by atoms with Crippen molar-refractivity contribution in [3.05, 3.63) is 45.6 Å². The van der Waals surface area contributed by atoms with Crippen LogP contribution in [0.3, 0.4) is 0 Å². The molecule has 3 N–H and O–H groups in total. The molecular formula is C29H39IN2O8. The molecule has 1 aliphatic carbocycles. The van der Waals surface area contributed by atoms with E-state index in [1.165, 1.54) is 13.2 Å². The molecule has 0 bridgehead atoms. The summed E-state index contributed by atoms with van der Waals surface area (Å²) in [4.78, 5) is 39.6. The summed E-state index contributed by atoms with van der Waals surface area (Å²) in [6.07, 6.45) is 6.17. The molecule has 1 aromatic rings. The summed E-state index contributed by atoms with van der Waals surface area (Å²) in [7, 11) is 1.45. The second-order valence-electron chi connectivity index (χ2n) is 9.88. The molecule has 0 radical (unpaired) electrons. The van der Waals surface area contributed by atoms with E-state index in [4.69, 9.17) is 14.2 Å². The SMILES string of the molecule is C=CCCCCC(=O)N(C[C@@H]1CCCO1)[C@@H]1CC(C(=O)NCCO)=C[C@H](Oc2c(I)cc(C=O)cc2OC)[C@H]1O. The van der Waals surface area contributed by atoms with Crippen LogP contribution in [0.2, 0.25) is 0 Å². The second-order valence-corrected chi connectivity index (χ2v) is 11.0. The molecule has 1 heterocycles. The second kappa shape index (κ2) is 16.1. The minimum atomic E-state index is -1.17. The summed E-state index contributed by atoms with van der Waals surface area (Å²) >= 11 is 2.02. The van der Waals surface area contributed by atoms with Crippen LogP contribution in [0.5, 0.6) is 11.5 Å². The first-order chi connectivity index (χ1) is 19.3. The Morgan fingerprint density at radius 3 is 2.77 bits per heavy atom. The number of hydrogen-bond acceptors (Lipinski definition) is 8. The number of carbonyl (C=O) groups is 3. The molecule has 1 fully saturated rings. The number of halogens is 1. The highest BCUT2D eigenvalue weighted by atomic mass is 127. The number of aliphatic hydroxyl groups is 2. The van der Waals surface area contributed by atoms with E-state index in [1.54, 1.807) is 17.0 Å². The Labute approximate surface area is 248 Å². The Kier molecular flexibility index (Phi) is 12.9. The van der Waals surface area contributed by atoms with E-state index in [2.05, 4.69) is 11.9 Å². The molecule has 3 rings (SSSR count). The van der Waals surface area contributed by atoms with Crippen LogP contribution < -0.4 is 14.8 Å². The first-order valence-electron chi connectivity index (χ1n) is 13.6. The van der Waals surface area contributed by atoms with Gasteiger partial charge in [0.2, 0.25) is 11.8 Å². The third kappa shape index (κ3) is 8.51. The maximum absolute atomic E-state index is 13.6. The van der Waals surface area contributed by atoms with Crippen molar-refractivity contribution in [2.24, 2.45) is 0 Å². The van der Waals surface area contributed by atoms with Crippen molar-refractivity contribution < 1.29 is 38.8 Å². The van der Waals surface area contributed by atoms with Gasteiger partial charge < -0.3 is 34.6 Å². The fourth-order valence-corrected chi connectivity index (χ4v) is 5.73. The van der Waals surface area contributed by atoms with Crippen LogP contribution in [0.4, 0.5) is 0 Å². The molecule has 2 aliphatic rings. The molecule has 1 aromatic carbocycles. The number of nitrogens with zero attached hydrogens (tertiary/aromatic N) is 1. The van der Waals surface area contributed by atoms with Gasteiger partial charge in [0.1, 0.15) is 18.5 Å². The molecule has 10 nitrogen and oxygen atoms in total. The summed E-state index contributed by atoms with van der Waals surface area (Å²) in [5.41, 5.74) is 0.740. The quantitative estimate of drug-likeness (QED) is 0.112. The zero-order valence-electron chi connectivity index (χ0n) is 22.9. The number of aliphatic hydroxyl groups excluding tert-OH is 2. The topological polar surface area (TPSA) is 135 Å². The predicted octanol–water partition coefficient (Wildman–Crippen LogP) is 2.78. The van der Waals surface area contributed by atoms with Crippen LogP contribution in [0, 0.1) is 3.57 Å². The minimum Gasteiger partial charge on any atom is -0.493 e. The lowest BCUT2D eigenvalue weighted by molar-refractivity contribution is -0.141. The number of carbonyl (C=O) groups excluding carboxylic acids is 3. The Hall–Kier alpha value is -2.48. The number of rotatable bonds is 15. The molecule has 2 amide bonds. The summed E-state index contributed by atoms with van der Waals surface area (Å²) in [5.74, 6) is 0.0820. The summed E-state index contributed by atoms with van der Waals surface area (Å²) in [6, 6.07) is 2.42. The van der Waals surface area contributed by atoms with Gasteiger partial charge in [0.15, 0.2) is 11.5 Å². The first-order valence-corrected chi connectivity index (χ1v) is 14.7. The molecule has 11 heteroatoms. The number of methoxy groups -OCH3 is 1. The average Bonchev–Trinajstić information content (AvgIpc) is 3.48. The molecule has 40 heavy (non-hydrogen) atoms. The molecule has 0 unspecified atom stereocenters. The van der Waals surface area contributed by atoms with Crippen LogP contribution in [0.15, 0.2) is 36.4 Å². The van der Waals surface area contributed by atoms with E-state index in [9.17, 15) is 24.6 Å². The number of aldehydes is 1. The Bertz CT molecular complexity index is 1070. The lowest BCUT2D eigenvalue weighted by Crippen LogP contribution is -2.56. The van der Waals surface area contributed by atoms with Crippen molar-refractivity contribution in [2.75, 3.05) is 33.4 Å². The molecule has 4 atom stereocenters. The van der Waals surface area contributed by atoms with Gasteiger partial charge in [-0.25, -0.2) is 0 Å². The highest BCUT2D eigenvalue weighted by Crippen LogP contribution is 2.37. The number of benzene rings is 1. The largest absolute Gasteiger partial charge is 0.493 e. The maximum Gasteiger partial charge on any atom is 0.247 e. The Morgan fingerprint density at radius 2 is 2.12 bits per heavy atom. The molecule has 0 saturated carbocycles. The average molecular weight is 671 g/mol. The van der Waals surface area contributed by atoms with Crippen molar-refractivity contribution in [1.29, 1.82) is 0 Å². The van der Waals surface area contributed by atoms with Crippen LogP contribution >= 0.6 is 22.6 Å². The maximum atomic E-state index is 13.6. The Balaban J connectivity index is 1.96. The normalized spacial score (nSPS) is 22.2. The smallest absolute Gasteiger partial charge is 0.247 e. The van der Waals surface area contributed by atoms with Gasteiger partial charge in [-0.2, -0.15) is 0 Å². The van der Waals surface area contributed by atoms with E-state index in [-0.39, 0.29) is 31.6 Å². The molecule has 220 valence electrons. The van der Waals surface area contributed by atoms with Gasteiger partial charge in [-0.15, -0.1) is 6.58 Å². The lowest BCUT2D eigenvalue weighted by atomic mass is 9.87. The highest BCUT2D eigenvalue weighted by molar-refractivity contribution is 14.1. The highest BCUT2D eigenvalue weighted by Gasteiger charge is 2.41. The number of ether oxygens (including phenoxy) is 3. The number of allylic oxidation sites excluding steroid dienone is 1. The van der Waals surface area contributed by atoms with E-state index >= 15 is 0 Å². The zero-order chi connectivity index (χ0) is 29.1. The number of amides is 2. The summed E-state index contributed by atoms with van der Waals surface area (Å²) < 4.78 is 18.1. The zero-order valence-corrected chi connectivity index (χ0v) is 25.0. The number of unbranched alkanes of at least 4 members (excludes halogenated alkanes) is 2. The molecule has 1 saturated heterocycles. The molecule has 1 aliphatic heterocycles. The fourth-order valence-electron chi connectivity index (χ4n) is 4.98. The minimum absolute atomic E-state index is 0.0651. The van der Waals surface area contributed by atoms with Crippen LogP contribution in [0.25, 0.3) is 0 Å². The van der Waals surface area contributed by atoms with Crippen molar-refractivity contribution in [2.45, 2.75) is 69.3 Å². The van der Waals surface area contributed by atoms with Crippen molar-refractivity contribution in [3.63, 3.8) is 0 Å². The summed E-state index contributed by atoms with van der Waals surface area (Å²) in [6.45, 7) is 4.50. The van der Waals surface area contributed by atoms with E-state index < -0.39 is 24.2 Å². The van der Waals surface area contributed by atoms with Gasteiger partial charge in [0.05, 0.1) is 29.4 Å². The molecule has 0 aromatic heterocycles. The summed E-state index contributed by atoms with van der Waals surface area (Å²) in [5, 5.41) is 23.5. The third-order valence-electron chi connectivity index (χ3n) is 7.05. The monoisotopic (exact) mass is 670 g/mol. The fraction of sp³-hybridized carbons (Fsp3) is 0.552. The van der Waals surface area contributed by atoms with Crippen molar-refractivity contribution in [3.8, 4) is 11.5 Å². The van der Waals surface area contributed by atoms with Gasteiger partial charge >= 0.3 is 0 Å². The standard InChI is InChI=1S/C29H39IN2O8/c1-3-4-5-6-9-26(35)32(17-21-8-7-12-39-21)23-15-20(29(37)31-10-11-33)16-24(27(23)36)40-28-22(30)13-19(18-34)14-25(28)38-2/h3,13-14,16,18,21,23-24,27,33,36H,1,4-12,15,17H2,2H3,(H,31,37)/t21-,23+,24-,27-/m0/s1. The van der Waals surface area contributed by atoms with Crippen LogP contribution in [-0.4, -0.2) is 91.0 Å². The molecule has 0 spiro atoms. The van der Waals surface area contributed by atoms with Crippen LogP contribution in [0.1, 0.15) is 55.3 Å². The molecular weight excluding hydrogens is 631 g/mol. The van der Waals surface area contributed by atoms with Gasteiger partial charge in [-0.05, 0) is 72.9 Å². The van der Waals surface area contributed by atoms with Gasteiger partial charge in [-0.1, -0.05) is 6.08 Å². The van der Waals surface area contributed by atoms with Crippen molar-refractivity contribution in [1.82, 2.24) is 10.2 Å². The lowest BCUT2D eigenvalue weighted by Gasteiger charge is -2.41. The van der Waals surface area contributed by atoms with Gasteiger partial charge in [-0.3, -0.25) is 14.4 Å². The van der Waals surface area contributed by atoms with Gasteiger partial charge in [0, 0.05) is 43.7 Å². The van der Waals surface area contributed by atoms with Crippen LogP contribution in [-0.2, 0) is 14.3 Å². The third-order valence-corrected chi connectivity index (χ3v) is 7.85. The number of nitrogens with one attached hydrogen (secondary N) is 1. The first kappa shape index (κ1) is 32.0. The Morgan fingerprint density at radius 1 is 1.32 bits per heavy atom. The van der Waals surface area contributed by atoms with E-state index in [1.807, 2.05) is 28.7 Å². The van der Waals surface area contributed by atoms with Crippen molar-refractivity contribution >= 4 is 40.7 Å². The van der Waals surface area contributed by atoms with E-state index in [0.29, 0.717) is 58.5 Å².